The van der Waals surface area contributed by atoms with Gasteiger partial charge in [-0.2, -0.15) is 0 Å². The second-order valence-electron chi connectivity index (χ2n) is 14.2. The van der Waals surface area contributed by atoms with Crippen LogP contribution < -0.4 is 0 Å². The van der Waals surface area contributed by atoms with Gasteiger partial charge in [-0.3, -0.25) is 0 Å². The normalized spacial score (nSPS) is 12.5. The molecule has 242 valence electrons. The second-order valence-corrected chi connectivity index (χ2v) is 14.2. The number of rotatable bonds is 3. The molecule has 0 bridgehead atoms. The predicted octanol–water partition coefficient (Wildman–Crippen LogP) is 12.5. The molecule has 3 heteroatoms. The molecule has 0 saturated heterocycles. The summed E-state index contributed by atoms with van der Waals surface area (Å²) in [5.41, 5.74) is 16.3. The molecule has 0 N–H and O–H groups in total. The average Bonchev–Trinajstić information content (AvgIpc) is 3.93. The van der Waals surface area contributed by atoms with Gasteiger partial charge in [-0.25, -0.2) is 0 Å². The minimum absolute atomic E-state index is 0.995. The van der Waals surface area contributed by atoms with E-state index in [-0.39, 0.29) is 0 Å². The Kier molecular flexibility index (Phi) is 5.56. The van der Waals surface area contributed by atoms with Crippen LogP contribution in [-0.4, -0.2) is 13.7 Å². The third kappa shape index (κ3) is 3.74. The first-order valence-electron chi connectivity index (χ1n) is 18.1. The van der Waals surface area contributed by atoms with Gasteiger partial charge in [0.25, 0.3) is 0 Å². The molecule has 0 amide bonds. The number of aromatic nitrogens is 3. The van der Waals surface area contributed by atoms with Crippen LogP contribution in [-0.2, 0) is 6.42 Å². The van der Waals surface area contributed by atoms with E-state index in [2.05, 4.69) is 190 Å². The highest BCUT2D eigenvalue weighted by atomic mass is 15.0. The zero-order valence-corrected chi connectivity index (χ0v) is 28.3. The molecule has 11 aromatic rings. The van der Waals surface area contributed by atoms with E-state index in [1.54, 1.807) is 0 Å². The molecule has 3 nitrogen and oxygen atoms in total. The fourth-order valence-electron chi connectivity index (χ4n) is 9.21. The largest absolute Gasteiger partial charge is 0.309 e. The Bertz CT molecular complexity index is 3220. The Morgan fingerprint density at radius 1 is 0.269 bits per heavy atom. The maximum atomic E-state index is 2.46. The fourth-order valence-corrected chi connectivity index (χ4v) is 9.21. The molecule has 0 unspecified atom stereocenters. The minimum atomic E-state index is 0.995. The number of benzene rings is 8. The fraction of sp³-hybridized carbons (Fsp3) is 0.0204. The average molecular weight is 662 g/mol. The van der Waals surface area contributed by atoms with Crippen LogP contribution in [0.4, 0.5) is 0 Å². The molecule has 3 aromatic heterocycles. The summed E-state index contributed by atoms with van der Waals surface area (Å²) in [6, 6.07) is 65.0. The maximum Gasteiger partial charge on any atom is 0.0561 e. The lowest BCUT2D eigenvalue weighted by atomic mass is 10.1. The van der Waals surface area contributed by atoms with Gasteiger partial charge in [-0.1, -0.05) is 109 Å². The van der Waals surface area contributed by atoms with Crippen molar-refractivity contribution < 1.29 is 0 Å². The molecular formula is C49H31N3. The Morgan fingerprint density at radius 2 is 0.692 bits per heavy atom. The molecule has 0 saturated carbocycles. The highest BCUT2D eigenvalue weighted by molar-refractivity contribution is 6.13. The van der Waals surface area contributed by atoms with Crippen LogP contribution in [0.2, 0.25) is 0 Å². The smallest absolute Gasteiger partial charge is 0.0561 e. The van der Waals surface area contributed by atoms with E-state index in [4.69, 9.17) is 0 Å². The zero-order valence-electron chi connectivity index (χ0n) is 28.3. The van der Waals surface area contributed by atoms with Gasteiger partial charge in [0.2, 0.25) is 0 Å². The van der Waals surface area contributed by atoms with Gasteiger partial charge >= 0.3 is 0 Å². The molecule has 0 spiro atoms. The predicted molar refractivity (Wildman–Crippen MR) is 218 cm³/mol. The van der Waals surface area contributed by atoms with Crippen molar-refractivity contribution in [1.29, 1.82) is 0 Å². The minimum Gasteiger partial charge on any atom is -0.309 e. The summed E-state index contributed by atoms with van der Waals surface area (Å²) in [7, 11) is 0. The maximum absolute atomic E-state index is 2.46. The highest BCUT2D eigenvalue weighted by Gasteiger charge is 2.21. The van der Waals surface area contributed by atoms with E-state index in [0.29, 0.717) is 0 Å². The van der Waals surface area contributed by atoms with E-state index >= 15 is 0 Å². The van der Waals surface area contributed by atoms with Gasteiger partial charge in [0.05, 0.1) is 33.1 Å². The SMILES string of the molecule is c1ccc2c(c1)Cc1ccc(-n3c4ccccc4c4ccc(-n5c6ccccc6c6cc(-n7c8ccccc8c8ccccc87)ccc65)cc43)cc1-2. The summed E-state index contributed by atoms with van der Waals surface area (Å²) in [5.74, 6) is 0. The summed E-state index contributed by atoms with van der Waals surface area (Å²) >= 11 is 0. The third-order valence-corrected chi connectivity index (χ3v) is 11.5. The topological polar surface area (TPSA) is 14.8 Å². The summed E-state index contributed by atoms with van der Waals surface area (Å²) in [4.78, 5) is 0. The van der Waals surface area contributed by atoms with Gasteiger partial charge in [0.15, 0.2) is 0 Å². The van der Waals surface area contributed by atoms with Crippen molar-refractivity contribution in [3.63, 3.8) is 0 Å². The van der Waals surface area contributed by atoms with Crippen LogP contribution in [0.15, 0.2) is 176 Å². The molecule has 1 aliphatic carbocycles. The first-order chi connectivity index (χ1) is 25.8. The van der Waals surface area contributed by atoms with Gasteiger partial charge in [-0.05, 0) is 95.4 Å². The number of nitrogens with zero attached hydrogens (tertiary/aromatic N) is 3. The molecule has 1 aliphatic rings. The van der Waals surface area contributed by atoms with Gasteiger partial charge < -0.3 is 13.7 Å². The van der Waals surface area contributed by atoms with Gasteiger partial charge in [0, 0.05) is 49.4 Å². The van der Waals surface area contributed by atoms with Crippen LogP contribution >= 0.6 is 0 Å². The lowest BCUT2D eigenvalue weighted by molar-refractivity contribution is 1.15. The van der Waals surface area contributed by atoms with Crippen LogP contribution in [0.5, 0.6) is 0 Å². The lowest BCUT2D eigenvalue weighted by Gasteiger charge is -2.13. The third-order valence-electron chi connectivity index (χ3n) is 11.5. The number of para-hydroxylation sites is 4. The van der Waals surface area contributed by atoms with E-state index in [0.717, 1.165) is 12.1 Å². The van der Waals surface area contributed by atoms with E-state index in [1.807, 2.05) is 0 Å². The first-order valence-corrected chi connectivity index (χ1v) is 18.1. The first kappa shape index (κ1) is 27.9. The summed E-state index contributed by atoms with van der Waals surface area (Å²) in [5, 5.41) is 7.57. The molecule has 0 radical (unpaired) electrons. The standard InChI is InChI=1S/C49H31N3/c1-2-12-36-31(11-1)27-32-21-22-33(28-42(32)36)52-46-19-9-5-15-39(46)41-25-23-35(30-49(41)52)51-47-20-10-6-16-40(47)43-29-34(24-26-48(43)51)50-44-17-7-3-13-37(44)38-14-4-8-18-45(38)50/h1-26,28-30H,27H2. The number of fused-ring (bicyclic) bond motifs is 12. The quantitative estimate of drug-likeness (QED) is 0.179. The Labute approximate surface area is 299 Å². The molecule has 52 heavy (non-hydrogen) atoms. The summed E-state index contributed by atoms with van der Waals surface area (Å²) < 4.78 is 7.32. The van der Waals surface area contributed by atoms with Crippen molar-refractivity contribution in [1.82, 2.24) is 13.7 Å². The number of hydrogen-bond donors (Lipinski definition) is 0. The lowest BCUT2D eigenvalue weighted by Crippen LogP contribution is -1.98. The van der Waals surface area contributed by atoms with Crippen molar-refractivity contribution >= 4 is 65.4 Å². The molecular weight excluding hydrogens is 631 g/mol. The summed E-state index contributed by atoms with van der Waals surface area (Å²) in [6.07, 6.45) is 0.995. The Balaban J connectivity index is 1.10. The molecule has 0 atom stereocenters. The van der Waals surface area contributed by atoms with Crippen LogP contribution in [0.3, 0.4) is 0 Å². The van der Waals surface area contributed by atoms with Crippen molar-refractivity contribution in [3.05, 3.63) is 187 Å². The van der Waals surface area contributed by atoms with Crippen molar-refractivity contribution in [2.75, 3.05) is 0 Å². The van der Waals surface area contributed by atoms with Crippen molar-refractivity contribution in [3.8, 4) is 28.2 Å². The van der Waals surface area contributed by atoms with Crippen LogP contribution in [0.25, 0.3) is 93.6 Å². The Morgan fingerprint density at radius 3 is 1.35 bits per heavy atom. The van der Waals surface area contributed by atoms with Crippen molar-refractivity contribution in [2.24, 2.45) is 0 Å². The van der Waals surface area contributed by atoms with Crippen LogP contribution in [0.1, 0.15) is 11.1 Å². The van der Waals surface area contributed by atoms with Gasteiger partial charge in [-0.15, -0.1) is 0 Å². The van der Waals surface area contributed by atoms with Gasteiger partial charge in [0.1, 0.15) is 0 Å². The van der Waals surface area contributed by atoms with E-state index in [9.17, 15) is 0 Å². The van der Waals surface area contributed by atoms with Crippen LogP contribution in [0, 0.1) is 0 Å². The monoisotopic (exact) mass is 661 g/mol. The molecule has 0 fully saturated rings. The molecule has 8 aromatic carbocycles. The highest BCUT2D eigenvalue weighted by Crippen LogP contribution is 2.41. The van der Waals surface area contributed by atoms with E-state index in [1.165, 1.54) is 99.0 Å². The summed E-state index contributed by atoms with van der Waals surface area (Å²) in [6.45, 7) is 0. The van der Waals surface area contributed by atoms with Crippen molar-refractivity contribution in [2.45, 2.75) is 6.42 Å². The molecule has 0 aliphatic heterocycles. The number of hydrogen-bond acceptors (Lipinski definition) is 0. The molecule has 3 heterocycles. The Hall–Kier alpha value is -6.84. The van der Waals surface area contributed by atoms with E-state index < -0.39 is 0 Å². The zero-order chi connectivity index (χ0) is 33.9. The second kappa shape index (κ2) is 10.3. The molecule has 12 rings (SSSR count).